The molecule has 114 valence electrons. The Balaban J connectivity index is 3.60. The molecule has 0 unspecified atom stereocenters. The monoisotopic (exact) mass is 313 g/mol. The van der Waals surface area contributed by atoms with Gasteiger partial charge in [-0.05, 0) is 45.4 Å². The van der Waals surface area contributed by atoms with Crippen molar-refractivity contribution in [1.29, 1.82) is 0 Å². The van der Waals surface area contributed by atoms with Crippen molar-refractivity contribution in [1.82, 2.24) is 4.72 Å². The number of benzene rings is 1. The molecule has 0 aliphatic rings. The number of rotatable bonds is 2. The Kier molecular flexibility index (Phi) is 4.22. The zero-order valence-corrected chi connectivity index (χ0v) is 12.2. The molecule has 0 radical (unpaired) electrons. The lowest BCUT2D eigenvalue weighted by molar-refractivity contribution is -0.140. The molecule has 1 rings (SSSR count). The van der Waals surface area contributed by atoms with E-state index in [0.717, 1.165) is 6.07 Å². The maximum atomic E-state index is 13.8. The van der Waals surface area contributed by atoms with Crippen LogP contribution in [0.5, 0.6) is 0 Å². The number of alkyl halides is 3. The van der Waals surface area contributed by atoms with Crippen molar-refractivity contribution in [3.05, 3.63) is 29.1 Å². The molecule has 20 heavy (non-hydrogen) atoms. The minimum atomic E-state index is -4.96. The van der Waals surface area contributed by atoms with Crippen LogP contribution in [0.4, 0.5) is 17.6 Å². The van der Waals surface area contributed by atoms with Gasteiger partial charge in [-0.2, -0.15) is 13.2 Å². The minimum Gasteiger partial charge on any atom is -0.207 e. The first kappa shape index (κ1) is 16.9. The summed E-state index contributed by atoms with van der Waals surface area (Å²) >= 11 is 0. The fraction of sp³-hybridized carbons (Fsp3) is 0.500. The van der Waals surface area contributed by atoms with E-state index in [9.17, 15) is 26.0 Å². The van der Waals surface area contributed by atoms with Gasteiger partial charge in [0.25, 0.3) is 0 Å². The van der Waals surface area contributed by atoms with Gasteiger partial charge in [-0.25, -0.2) is 17.5 Å². The lowest BCUT2D eigenvalue weighted by Gasteiger charge is -2.22. The molecule has 0 atom stereocenters. The fourth-order valence-electron chi connectivity index (χ4n) is 1.67. The van der Waals surface area contributed by atoms with E-state index in [1.165, 1.54) is 27.7 Å². The van der Waals surface area contributed by atoms with Gasteiger partial charge < -0.3 is 0 Å². The first-order chi connectivity index (χ1) is 8.74. The van der Waals surface area contributed by atoms with Crippen LogP contribution in [-0.4, -0.2) is 14.0 Å². The number of hydrogen-bond donors (Lipinski definition) is 1. The Morgan fingerprint density at radius 1 is 1.10 bits per heavy atom. The number of hydrogen-bond acceptors (Lipinski definition) is 2. The third kappa shape index (κ3) is 3.92. The third-order valence-electron chi connectivity index (χ3n) is 2.20. The molecule has 0 saturated heterocycles. The normalized spacial score (nSPS) is 13.6. The summed E-state index contributed by atoms with van der Waals surface area (Å²) in [6, 6.07) is 1.37. The number of nitrogens with one attached hydrogen (secondary N) is 1. The third-order valence-corrected chi connectivity index (χ3v) is 4.04. The molecule has 0 aromatic heterocycles. The summed E-state index contributed by atoms with van der Waals surface area (Å²) in [5.41, 5.74) is -2.55. The van der Waals surface area contributed by atoms with Crippen molar-refractivity contribution in [2.45, 2.75) is 44.3 Å². The Bertz CT molecular complexity index is 616. The first-order valence-corrected chi connectivity index (χ1v) is 7.14. The highest BCUT2D eigenvalue weighted by Crippen LogP contribution is 2.36. The molecule has 3 nitrogen and oxygen atoms in total. The molecule has 0 fully saturated rings. The standard InChI is InChI=1S/C12H15F4NO2S/c1-7-5-8(12(14,15)16)10(9(13)6-7)20(18,19)17-11(2,3)4/h5-6,17H,1-4H3. The highest BCUT2D eigenvalue weighted by molar-refractivity contribution is 7.89. The van der Waals surface area contributed by atoms with Gasteiger partial charge >= 0.3 is 6.18 Å². The molecule has 8 heteroatoms. The Morgan fingerprint density at radius 3 is 2.00 bits per heavy atom. The Morgan fingerprint density at radius 2 is 1.60 bits per heavy atom. The second-order valence-electron chi connectivity index (χ2n) is 5.48. The number of sulfonamides is 1. The molecule has 0 bridgehead atoms. The maximum Gasteiger partial charge on any atom is 0.417 e. The van der Waals surface area contributed by atoms with Gasteiger partial charge in [-0.1, -0.05) is 0 Å². The number of aryl methyl sites for hydroxylation is 1. The topological polar surface area (TPSA) is 46.2 Å². The molecule has 1 aromatic rings. The van der Waals surface area contributed by atoms with Gasteiger partial charge in [0.15, 0.2) is 0 Å². The minimum absolute atomic E-state index is 0.00969. The van der Waals surface area contributed by atoms with Crippen molar-refractivity contribution in [2.75, 3.05) is 0 Å². The summed E-state index contributed by atoms with van der Waals surface area (Å²) in [6.45, 7) is 5.60. The molecule has 0 amide bonds. The van der Waals surface area contributed by atoms with Gasteiger partial charge in [0.1, 0.15) is 10.7 Å². The zero-order valence-electron chi connectivity index (χ0n) is 11.4. The van der Waals surface area contributed by atoms with Crippen LogP contribution in [0.3, 0.4) is 0 Å². The molecule has 1 N–H and O–H groups in total. The van der Waals surface area contributed by atoms with Crippen LogP contribution >= 0.6 is 0 Å². The van der Waals surface area contributed by atoms with Crippen LogP contribution in [0.25, 0.3) is 0 Å². The second kappa shape index (κ2) is 5.00. The molecular weight excluding hydrogens is 298 g/mol. The fourth-order valence-corrected chi connectivity index (χ4v) is 3.35. The van der Waals surface area contributed by atoms with E-state index in [1.54, 1.807) is 0 Å². The van der Waals surface area contributed by atoms with Crippen molar-refractivity contribution < 1.29 is 26.0 Å². The first-order valence-electron chi connectivity index (χ1n) is 5.65. The van der Waals surface area contributed by atoms with Crippen LogP contribution in [-0.2, 0) is 16.2 Å². The average Bonchev–Trinajstić information content (AvgIpc) is 2.09. The summed E-state index contributed by atoms with van der Waals surface area (Å²) in [5.74, 6) is -1.42. The van der Waals surface area contributed by atoms with Gasteiger partial charge in [-0.3, -0.25) is 0 Å². The van der Waals surface area contributed by atoms with Crippen molar-refractivity contribution >= 4 is 10.0 Å². The SMILES string of the molecule is Cc1cc(F)c(S(=O)(=O)NC(C)(C)C)c(C(F)(F)F)c1. The zero-order chi connectivity index (χ0) is 15.9. The largest absolute Gasteiger partial charge is 0.417 e. The van der Waals surface area contributed by atoms with Gasteiger partial charge in [0, 0.05) is 5.54 Å². The summed E-state index contributed by atoms with van der Waals surface area (Å²) in [6.07, 6.45) is -4.96. The van der Waals surface area contributed by atoms with E-state index < -0.39 is 38.0 Å². The van der Waals surface area contributed by atoms with Crippen LogP contribution < -0.4 is 4.72 Å². The lowest BCUT2D eigenvalue weighted by Crippen LogP contribution is -2.41. The quantitative estimate of drug-likeness (QED) is 0.852. The summed E-state index contributed by atoms with van der Waals surface area (Å²) in [4.78, 5) is -1.37. The average molecular weight is 313 g/mol. The van der Waals surface area contributed by atoms with E-state index in [-0.39, 0.29) is 5.56 Å². The molecule has 0 spiro atoms. The molecule has 0 saturated carbocycles. The van der Waals surface area contributed by atoms with Gasteiger partial charge in [0.2, 0.25) is 10.0 Å². The summed E-state index contributed by atoms with van der Waals surface area (Å²) < 4.78 is 78.5. The molecule has 0 heterocycles. The Labute approximate surface area is 115 Å². The van der Waals surface area contributed by atoms with Gasteiger partial charge in [-0.15, -0.1) is 0 Å². The summed E-state index contributed by atoms with van der Waals surface area (Å²) in [5, 5.41) is 0. The lowest BCUT2D eigenvalue weighted by atomic mass is 10.1. The number of halogens is 4. The molecular formula is C12H15F4NO2S. The van der Waals surface area contributed by atoms with E-state index in [4.69, 9.17) is 0 Å². The Hall–Kier alpha value is -1.15. The maximum absolute atomic E-state index is 13.8. The highest BCUT2D eigenvalue weighted by Gasteiger charge is 2.40. The van der Waals surface area contributed by atoms with E-state index in [2.05, 4.69) is 0 Å². The van der Waals surface area contributed by atoms with E-state index >= 15 is 0 Å². The summed E-state index contributed by atoms with van der Waals surface area (Å²) in [7, 11) is -4.62. The molecule has 0 aliphatic heterocycles. The predicted molar refractivity (Wildman–Crippen MR) is 66.2 cm³/mol. The van der Waals surface area contributed by atoms with Crippen LogP contribution in [0.2, 0.25) is 0 Å². The second-order valence-corrected chi connectivity index (χ2v) is 7.10. The van der Waals surface area contributed by atoms with Crippen LogP contribution in [0.1, 0.15) is 31.9 Å². The van der Waals surface area contributed by atoms with Gasteiger partial charge in [0.05, 0.1) is 5.56 Å². The van der Waals surface area contributed by atoms with E-state index in [0.29, 0.717) is 6.07 Å². The van der Waals surface area contributed by atoms with Crippen molar-refractivity contribution in [3.8, 4) is 0 Å². The van der Waals surface area contributed by atoms with Crippen LogP contribution in [0, 0.1) is 12.7 Å². The van der Waals surface area contributed by atoms with Crippen molar-refractivity contribution in [3.63, 3.8) is 0 Å². The molecule has 0 aliphatic carbocycles. The van der Waals surface area contributed by atoms with Crippen LogP contribution in [0.15, 0.2) is 17.0 Å². The highest BCUT2D eigenvalue weighted by atomic mass is 32.2. The van der Waals surface area contributed by atoms with Crippen molar-refractivity contribution in [2.24, 2.45) is 0 Å². The smallest absolute Gasteiger partial charge is 0.207 e. The molecule has 1 aromatic carbocycles. The predicted octanol–water partition coefficient (Wildman–Crippen LogP) is 3.23. The van der Waals surface area contributed by atoms with E-state index in [1.807, 2.05) is 4.72 Å².